The molecule has 1 amide bonds. The normalized spacial score (nSPS) is 11.5. The average molecular weight is 410 g/mol. The summed E-state index contributed by atoms with van der Waals surface area (Å²) in [4.78, 5) is 15.0. The van der Waals surface area contributed by atoms with Crippen molar-refractivity contribution >= 4 is 5.91 Å². The van der Waals surface area contributed by atoms with Gasteiger partial charge in [0.05, 0.1) is 39.6 Å². The minimum Gasteiger partial charge on any atom is -0.379 e. The first-order valence-electron chi connectivity index (χ1n) is 10.0. The smallest absolute Gasteiger partial charge is 0.251 e. The Labute approximate surface area is 175 Å². The van der Waals surface area contributed by atoms with Crippen LogP contribution in [-0.2, 0) is 20.6 Å². The predicted molar refractivity (Wildman–Crippen MR) is 113 cm³/mol. The van der Waals surface area contributed by atoms with Gasteiger partial charge in [-0.15, -0.1) is 0 Å². The van der Waals surface area contributed by atoms with Crippen molar-refractivity contribution in [3.8, 4) is 11.1 Å². The van der Waals surface area contributed by atoms with Crippen molar-refractivity contribution in [3.63, 3.8) is 0 Å². The van der Waals surface area contributed by atoms with Crippen molar-refractivity contribution in [2.75, 3.05) is 52.7 Å². The lowest BCUT2D eigenvalue weighted by atomic mass is 10.0. The molecule has 0 unspecified atom stereocenters. The molecular weight excluding hydrogens is 384 g/mol. The summed E-state index contributed by atoms with van der Waals surface area (Å²) in [5.74, 6) is -0.0912. The molecule has 0 spiro atoms. The van der Waals surface area contributed by atoms with Crippen LogP contribution in [-0.4, -0.2) is 58.6 Å². The molecule has 1 N–H and O–H groups in total. The Bertz CT molecular complexity index is 896. The summed E-state index contributed by atoms with van der Waals surface area (Å²) in [7, 11) is 0. The van der Waals surface area contributed by atoms with Crippen LogP contribution in [0.4, 0.5) is 0 Å². The number of amides is 1. The number of nitrogens with zero attached hydrogens (tertiary/aromatic N) is 3. The molecule has 0 heterocycles. The van der Waals surface area contributed by atoms with E-state index in [9.17, 15) is 4.79 Å². The maximum absolute atomic E-state index is 12.4. The Balaban J connectivity index is 1.26. The average Bonchev–Trinajstić information content (AvgIpc) is 3.14. The number of ether oxygens (including phenoxy) is 3. The van der Waals surface area contributed by atoms with Crippen molar-refractivity contribution in [1.82, 2.24) is 5.32 Å². The van der Waals surface area contributed by atoms with Gasteiger partial charge < -0.3 is 19.5 Å². The highest BCUT2D eigenvalue weighted by atomic mass is 16.5. The van der Waals surface area contributed by atoms with E-state index in [1.807, 2.05) is 30.3 Å². The van der Waals surface area contributed by atoms with E-state index in [1.165, 1.54) is 22.3 Å². The standard InChI is InChI=1S/C22H26N4O4/c23-26-25-8-10-29-12-14-30-13-11-28-9-7-24-22(27)18-5-6-21-19(16-18)15-17-3-1-2-4-20(17)21/h1-6,16H,7-15H2,(H,24,27). The number of nitrogens with one attached hydrogen (secondary N) is 1. The van der Waals surface area contributed by atoms with Crippen LogP contribution in [0.15, 0.2) is 47.6 Å². The van der Waals surface area contributed by atoms with Gasteiger partial charge in [0.1, 0.15) is 0 Å². The van der Waals surface area contributed by atoms with E-state index in [-0.39, 0.29) is 5.91 Å². The minimum atomic E-state index is -0.0912. The van der Waals surface area contributed by atoms with Crippen LogP contribution in [0.1, 0.15) is 21.5 Å². The minimum absolute atomic E-state index is 0.0912. The van der Waals surface area contributed by atoms with E-state index in [0.29, 0.717) is 58.3 Å². The van der Waals surface area contributed by atoms with Gasteiger partial charge in [-0.1, -0.05) is 35.4 Å². The predicted octanol–water partition coefficient (Wildman–Crippen LogP) is 3.35. The zero-order chi connectivity index (χ0) is 21.0. The quantitative estimate of drug-likeness (QED) is 0.202. The highest BCUT2D eigenvalue weighted by molar-refractivity contribution is 5.95. The third kappa shape index (κ3) is 6.30. The second kappa shape index (κ2) is 11.9. The van der Waals surface area contributed by atoms with E-state index < -0.39 is 0 Å². The number of azide groups is 1. The maximum Gasteiger partial charge on any atom is 0.251 e. The Kier molecular flexibility index (Phi) is 8.68. The zero-order valence-corrected chi connectivity index (χ0v) is 16.9. The second-order valence-corrected chi connectivity index (χ2v) is 6.75. The molecule has 0 radical (unpaired) electrons. The molecule has 158 valence electrons. The Hall–Kier alpha value is -2.90. The molecule has 2 aromatic rings. The highest BCUT2D eigenvalue weighted by Gasteiger charge is 2.19. The molecule has 3 rings (SSSR count). The number of hydrogen-bond donors (Lipinski definition) is 1. The lowest BCUT2D eigenvalue weighted by molar-refractivity contribution is 0.0166. The summed E-state index contributed by atoms with van der Waals surface area (Å²) >= 11 is 0. The highest BCUT2D eigenvalue weighted by Crippen LogP contribution is 2.36. The Morgan fingerprint density at radius 3 is 2.43 bits per heavy atom. The van der Waals surface area contributed by atoms with Gasteiger partial charge in [0.25, 0.3) is 5.91 Å². The van der Waals surface area contributed by atoms with Crippen LogP contribution in [0, 0.1) is 0 Å². The van der Waals surface area contributed by atoms with Crippen LogP contribution < -0.4 is 5.32 Å². The molecule has 1 aliphatic rings. The number of hydrogen-bond acceptors (Lipinski definition) is 5. The first kappa shape index (κ1) is 21.8. The van der Waals surface area contributed by atoms with Crippen LogP contribution in [0.25, 0.3) is 21.6 Å². The first-order valence-corrected chi connectivity index (χ1v) is 10.0. The second-order valence-electron chi connectivity index (χ2n) is 6.75. The van der Waals surface area contributed by atoms with E-state index in [0.717, 1.165) is 6.42 Å². The molecule has 30 heavy (non-hydrogen) atoms. The molecular formula is C22H26N4O4. The summed E-state index contributed by atoms with van der Waals surface area (Å²) in [6.45, 7) is 3.39. The molecule has 0 saturated heterocycles. The van der Waals surface area contributed by atoms with Gasteiger partial charge in [-0.05, 0) is 46.3 Å². The van der Waals surface area contributed by atoms with Crippen LogP contribution in [0.5, 0.6) is 0 Å². The van der Waals surface area contributed by atoms with Gasteiger partial charge in [-0.25, -0.2) is 0 Å². The number of benzene rings is 2. The lowest BCUT2D eigenvalue weighted by Gasteiger charge is -2.09. The van der Waals surface area contributed by atoms with Crippen molar-refractivity contribution in [2.24, 2.45) is 5.11 Å². The van der Waals surface area contributed by atoms with Gasteiger partial charge >= 0.3 is 0 Å². The molecule has 0 fully saturated rings. The summed E-state index contributed by atoms with van der Waals surface area (Å²) in [5.41, 5.74) is 13.8. The number of fused-ring (bicyclic) bond motifs is 3. The van der Waals surface area contributed by atoms with Gasteiger partial charge in [-0.3, -0.25) is 4.79 Å². The number of carbonyl (C=O) groups excluding carboxylic acids is 1. The SMILES string of the molecule is [N-]=[N+]=NCCOCCOCCOCCNC(=O)c1ccc2c(c1)Cc1ccccc1-2. The van der Waals surface area contributed by atoms with Gasteiger partial charge in [0.2, 0.25) is 0 Å². The summed E-state index contributed by atoms with van der Waals surface area (Å²) < 4.78 is 16.0. The van der Waals surface area contributed by atoms with Crippen molar-refractivity contribution < 1.29 is 19.0 Å². The van der Waals surface area contributed by atoms with Crippen molar-refractivity contribution in [1.29, 1.82) is 0 Å². The molecule has 0 aliphatic heterocycles. The third-order valence-electron chi connectivity index (χ3n) is 4.73. The van der Waals surface area contributed by atoms with Crippen LogP contribution in [0.2, 0.25) is 0 Å². The number of rotatable bonds is 13. The third-order valence-corrected chi connectivity index (χ3v) is 4.73. The van der Waals surface area contributed by atoms with E-state index in [2.05, 4.69) is 27.5 Å². The fraction of sp³-hybridized carbons (Fsp3) is 0.409. The summed E-state index contributed by atoms with van der Waals surface area (Å²) in [5, 5.41) is 6.26. The molecule has 0 bridgehead atoms. The maximum atomic E-state index is 12.4. The topological polar surface area (TPSA) is 106 Å². The van der Waals surface area contributed by atoms with Crippen LogP contribution in [0.3, 0.4) is 0 Å². The summed E-state index contributed by atoms with van der Waals surface area (Å²) in [6, 6.07) is 14.2. The molecule has 0 aromatic heterocycles. The molecule has 8 nitrogen and oxygen atoms in total. The van der Waals surface area contributed by atoms with E-state index in [4.69, 9.17) is 19.7 Å². The van der Waals surface area contributed by atoms with Gasteiger partial charge in [0.15, 0.2) is 0 Å². The van der Waals surface area contributed by atoms with Crippen LogP contribution >= 0.6 is 0 Å². The molecule has 0 saturated carbocycles. The van der Waals surface area contributed by atoms with Gasteiger partial charge in [-0.2, -0.15) is 0 Å². The van der Waals surface area contributed by atoms with E-state index >= 15 is 0 Å². The zero-order valence-electron chi connectivity index (χ0n) is 16.9. The van der Waals surface area contributed by atoms with Crippen molar-refractivity contribution in [3.05, 3.63) is 69.6 Å². The fourth-order valence-electron chi connectivity index (χ4n) is 3.32. The Morgan fingerprint density at radius 1 is 0.933 bits per heavy atom. The number of carbonyl (C=O) groups is 1. The monoisotopic (exact) mass is 410 g/mol. The van der Waals surface area contributed by atoms with E-state index in [1.54, 1.807) is 0 Å². The van der Waals surface area contributed by atoms with Gasteiger partial charge in [0, 0.05) is 23.6 Å². The first-order chi connectivity index (χ1) is 14.8. The molecule has 0 atom stereocenters. The molecule has 2 aromatic carbocycles. The lowest BCUT2D eigenvalue weighted by Crippen LogP contribution is -2.27. The Morgan fingerprint density at radius 2 is 1.63 bits per heavy atom. The molecule has 8 heteroatoms. The largest absolute Gasteiger partial charge is 0.379 e. The summed E-state index contributed by atoms with van der Waals surface area (Å²) in [6.07, 6.45) is 0.870. The van der Waals surface area contributed by atoms with Crippen molar-refractivity contribution in [2.45, 2.75) is 6.42 Å². The fourth-order valence-corrected chi connectivity index (χ4v) is 3.32. The molecule has 1 aliphatic carbocycles.